The zero-order valence-electron chi connectivity index (χ0n) is 7.99. The number of hydrogen-bond acceptors (Lipinski definition) is 4. The van der Waals surface area contributed by atoms with E-state index in [0.29, 0.717) is 17.3 Å². The van der Waals surface area contributed by atoms with E-state index in [9.17, 15) is 4.79 Å². The van der Waals surface area contributed by atoms with Gasteiger partial charge in [0.2, 0.25) is 0 Å². The number of hydrogen-bond donors (Lipinski definition) is 0. The van der Waals surface area contributed by atoms with Gasteiger partial charge >= 0.3 is 5.97 Å². The van der Waals surface area contributed by atoms with E-state index in [4.69, 9.17) is 16.3 Å². The number of nitrogens with zero attached hydrogens (tertiary/aromatic N) is 1. The number of aromatic nitrogens is 1. The van der Waals surface area contributed by atoms with Crippen LogP contribution in [0, 0.1) is 0 Å². The minimum atomic E-state index is -0.353. The molecule has 0 N–H and O–H groups in total. The second-order valence-electron chi connectivity index (χ2n) is 2.85. The van der Waals surface area contributed by atoms with Crippen LogP contribution in [0.5, 0.6) is 0 Å². The van der Waals surface area contributed by atoms with Crippen LogP contribution >= 0.6 is 22.9 Å². The summed E-state index contributed by atoms with van der Waals surface area (Å²) in [5, 5.41) is 3.09. The molecule has 0 spiro atoms. The number of esters is 1. The van der Waals surface area contributed by atoms with Crippen LogP contribution in [0.15, 0.2) is 17.6 Å². The van der Waals surface area contributed by atoms with Crippen LogP contribution in [-0.2, 0) is 4.74 Å². The summed E-state index contributed by atoms with van der Waals surface area (Å²) < 4.78 is 5.76. The lowest BCUT2D eigenvalue weighted by Gasteiger charge is -2.02. The van der Waals surface area contributed by atoms with E-state index in [2.05, 4.69) is 4.98 Å². The van der Waals surface area contributed by atoms with Gasteiger partial charge in [0.25, 0.3) is 0 Å². The van der Waals surface area contributed by atoms with Crippen molar-refractivity contribution in [3.63, 3.8) is 0 Å². The summed E-state index contributed by atoms with van der Waals surface area (Å²) in [6.45, 7) is 2.13. The van der Waals surface area contributed by atoms with Crippen LogP contribution in [0.3, 0.4) is 0 Å². The van der Waals surface area contributed by atoms with Gasteiger partial charge in [0.1, 0.15) is 5.15 Å². The SMILES string of the molecule is CCOC(=O)c1cnc(Cl)c2ccsc12. The van der Waals surface area contributed by atoms with Crippen molar-refractivity contribution in [2.24, 2.45) is 0 Å². The van der Waals surface area contributed by atoms with Crippen LogP contribution in [0.4, 0.5) is 0 Å². The molecule has 0 amide bonds. The molecule has 0 radical (unpaired) electrons. The minimum Gasteiger partial charge on any atom is -0.462 e. The summed E-state index contributed by atoms with van der Waals surface area (Å²) in [6, 6.07) is 1.85. The third-order valence-electron chi connectivity index (χ3n) is 1.93. The number of thiophene rings is 1. The first-order chi connectivity index (χ1) is 7.24. The van der Waals surface area contributed by atoms with E-state index >= 15 is 0 Å². The molecule has 5 heteroatoms. The number of carbonyl (C=O) groups excluding carboxylic acids is 1. The van der Waals surface area contributed by atoms with Crippen molar-refractivity contribution in [2.75, 3.05) is 6.61 Å². The van der Waals surface area contributed by atoms with Gasteiger partial charge in [-0.2, -0.15) is 0 Å². The third-order valence-corrected chi connectivity index (χ3v) is 3.18. The van der Waals surface area contributed by atoms with Gasteiger partial charge in [0.15, 0.2) is 0 Å². The van der Waals surface area contributed by atoms with E-state index in [1.807, 2.05) is 11.4 Å². The Kier molecular flexibility index (Phi) is 2.88. The summed E-state index contributed by atoms with van der Waals surface area (Å²) >= 11 is 7.35. The van der Waals surface area contributed by atoms with E-state index in [-0.39, 0.29) is 5.97 Å². The predicted octanol–water partition coefficient (Wildman–Crippen LogP) is 3.13. The standard InChI is InChI=1S/C10H8ClNO2S/c1-2-14-10(13)7-5-12-9(11)6-3-4-15-8(6)7/h3-5H,2H2,1H3. The van der Waals surface area contributed by atoms with Crippen molar-refractivity contribution in [3.05, 3.63) is 28.4 Å². The van der Waals surface area contributed by atoms with Crippen LogP contribution in [0.25, 0.3) is 10.1 Å². The van der Waals surface area contributed by atoms with Crippen LogP contribution in [-0.4, -0.2) is 17.6 Å². The zero-order valence-corrected chi connectivity index (χ0v) is 9.56. The zero-order chi connectivity index (χ0) is 10.8. The molecule has 2 rings (SSSR count). The fraction of sp³-hybridized carbons (Fsp3) is 0.200. The number of halogens is 1. The molecular formula is C10H8ClNO2S. The van der Waals surface area contributed by atoms with E-state index in [1.54, 1.807) is 6.92 Å². The van der Waals surface area contributed by atoms with Crippen molar-refractivity contribution >= 4 is 39.0 Å². The Hall–Kier alpha value is -1.13. The Balaban J connectivity index is 2.57. The highest BCUT2D eigenvalue weighted by Crippen LogP contribution is 2.29. The first kappa shape index (κ1) is 10.4. The first-order valence-electron chi connectivity index (χ1n) is 4.43. The molecule has 0 aliphatic carbocycles. The average molecular weight is 242 g/mol. The number of pyridine rings is 1. The molecule has 0 aliphatic rings. The lowest BCUT2D eigenvalue weighted by atomic mass is 10.2. The molecule has 0 aromatic carbocycles. The monoisotopic (exact) mass is 241 g/mol. The lowest BCUT2D eigenvalue weighted by molar-refractivity contribution is 0.0528. The molecule has 2 aromatic heterocycles. The molecule has 2 heterocycles. The van der Waals surface area contributed by atoms with Crippen LogP contribution < -0.4 is 0 Å². The smallest absolute Gasteiger partial charge is 0.341 e. The quantitative estimate of drug-likeness (QED) is 0.599. The highest BCUT2D eigenvalue weighted by Gasteiger charge is 2.14. The molecule has 78 valence electrons. The van der Waals surface area contributed by atoms with Crippen molar-refractivity contribution in [1.82, 2.24) is 4.98 Å². The van der Waals surface area contributed by atoms with Gasteiger partial charge in [-0.15, -0.1) is 11.3 Å². The summed E-state index contributed by atoms with van der Waals surface area (Å²) in [6.07, 6.45) is 1.46. The Morgan fingerprint density at radius 3 is 3.20 bits per heavy atom. The average Bonchev–Trinajstić information content (AvgIpc) is 2.68. The highest BCUT2D eigenvalue weighted by molar-refractivity contribution is 7.17. The molecule has 3 nitrogen and oxygen atoms in total. The number of ether oxygens (including phenoxy) is 1. The van der Waals surface area contributed by atoms with Crippen molar-refractivity contribution in [3.8, 4) is 0 Å². The largest absolute Gasteiger partial charge is 0.462 e. The van der Waals surface area contributed by atoms with Crippen LogP contribution in [0.1, 0.15) is 17.3 Å². The molecule has 15 heavy (non-hydrogen) atoms. The lowest BCUT2D eigenvalue weighted by Crippen LogP contribution is -2.05. The number of carbonyl (C=O) groups is 1. The molecular weight excluding hydrogens is 234 g/mol. The molecule has 0 fully saturated rings. The highest BCUT2D eigenvalue weighted by atomic mass is 35.5. The fourth-order valence-electron chi connectivity index (χ4n) is 1.28. The summed E-state index contributed by atoms with van der Waals surface area (Å²) in [7, 11) is 0. The third kappa shape index (κ3) is 1.82. The molecule has 0 bridgehead atoms. The van der Waals surface area contributed by atoms with Crippen molar-refractivity contribution in [1.29, 1.82) is 0 Å². The molecule has 0 atom stereocenters. The van der Waals surface area contributed by atoms with Gasteiger partial charge in [-0.25, -0.2) is 9.78 Å². The van der Waals surface area contributed by atoms with Gasteiger partial charge in [-0.1, -0.05) is 11.6 Å². The predicted molar refractivity (Wildman–Crippen MR) is 60.6 cm³/mol. The topological polar surface area (TPSA) is 39.2 Å². The Labute approximate surface area is 95.6 Å². The van der Waals surface area contributed by atoms with Gasteiger partial charge in [0.05, 0.1) is 16.9 Å². The van der Waals surface area contributed by atoms with Crippen molar-refractivity contribution in [2.45, 2.75) is 6.92 Å². The number of fused-ring (bicyclic) bond motifs is 1. The molecule has 2 aromatic rings. The first-order valence-corrected chi connectivity index (χ1v) is 5.68. The summed E-state index contributed by atoms with van der Waals surface area (Å²) in [4.78, 5) is 15.5. The maximum Gasteiger partial charge on any atom is 0.341 e. The van der Waals surface area contributed by atoms with E-state index in [0.717, 1.165) is 10.1 Å². The van der Waals surface area contributed by atoms with E-state index in [1.165, 1.54) is 17.5 Å². The Bertz CT molecular complexity index is 509. The summed E-state index contributed by atoms with van der Waals surface area (Å²) in [5.74, 6) is -0.353. The normalized spacial score (nSPS) is 10.5. The van der Waals surface area contributed by atoms with Gasteiger partial charge < -0.3 is 4.74 Å². The number of rotatable bonds is 2. The van der Waals surface area contributed by atoms with Crippen molar-refractivity contribution < 1.29 is 9.53 Å². The Morgan fingerprint density at radius 1 is 1.67 bits per heavy atom. The summed E-state index contributed by atoms with van der Waals surface area (Å²) in [5.41, 5.74) is 0.478. The molecule has 0 unspecified atom stereocenters. The van der Waals surface area contributed by atoms with Gasteiger partial charge in [-0.3, -0.25) is 0 Å². The van der Waals surface area contributed by atoms with Gasteiger partial charge in [0, 0.05) is 11.6 Å². The molecule has 0 aliphatic heterocycles. The van der Waals surface area contributed by atoms with E-state index < -0.39 is 0 Å². The van der Waals surface area contributed by atoms with Crippen LogP contribution in [0.2, 0.25) is 5.15 Å². The van der Waals surface area contributed by atoms with Gasteiger partial charge in [-0.05, 0) is 18.4 Å². The second-order valence-corrected chi connectivity index (χ2v) is 4.12. The molecule has 0 saturated heterocycles. The fourth-order valence-corrected chi connectivity index (χ4v) is 2.44. The second kappa shape index (κ2) is 4.16. The maximum atomic E-state index is 11.6. The minimum absolute atomic E-state index is 0.353. The maximum absolute atomic E-state index is 11.6. The molecule has 0 saturated carbocycles. The Morgan fingerprint density at radius 2 is 2.47 bits per heavy atom.